The molecular formula is C16H21N3O. The molecule has 4 nitrogen and oxygen atoms in total. The fourth-order valence-corrected chi connectivity index (χ4v) is 2.35. The Labute approximate surface area is 120 Å². The summed E-state index contributed by atoms with van der Waals surface area (Å²) in [6.07, 6.45) is 0. The predicted octanol–water partition coefficient (Wildman–Crippen LogP) is 2.86. The Morgan fingerprint density at radius 3 is 2.55 bits per heavy atom. The quantitative estimate of drug-likeness (QED) is 0.857. The maximum Gasteiger partial charge on any atom is 0.248 e. The maximum atomic E-state index is 12.5. The van der Waals surface area contributed by atoms with Gasteiger partial charge in [-0.1, -0.05) is 12.1 Å². The van der Waals surface area contributed by atoms with Crippen molar-refractivity contribution in [3.63, 3.8) is 0 Å². The van der Waals surface area contributed by atoms with E-state index in [1.54, 1.807) is 9.58 Å². The average molecular weight is 271 g/mol. The summed E-state index contributed by atoms with van der Waals surface area (Å²) in [7, 11) is 0. The molecule has 106 valence electrons. The molecule has 0 aliphatic carbocycles. The molecule has 1 amide bonds. The first-order valence-electron chi connectivity index (χ1n) is 6.89. The van der Waals surface area contributed by atoms with Gasteiger partial charge in [0.25, 0.3) is 0 Å². The Hall–Kier alpha value is -2.10. The topological polar surface area (TPSA) is 38.1 Å². The van der Waals surface area contributed by atoms with Gasteiger partial charge in [0.15, 0.2) is 0 Å². The van der Waals surface area contributed by atoms with E-state index in [1.807, 2.05) is 58.0 Å². The number of hydrogen-bond donors (Lipinski definition) is 0. The van der Waals surface area contributed by atoms with Crippen LogP contribution in [0.1, 0.15) is 23.9 Å². The van der Waals surface area contributed by atoms with E-state index in [4.69, 9.17) is 0 Å². The van der Waals surface area contributed by atoms with E-state index in [1.165, 1.54) is 0 Å². The Morgan fingerprint density at radius 2 is 2.00 bits per heavy atom. The molecule has 20 heavy (non-hydrogen) atoms. The summed E-state index contributed by atoms with van der Waals surface area (Å²) in [5.74, 6) is 0.0595. The second-order valence-corrected chi connectivity index (χ2v) is 5.06. The minimum Gasteiger partial charge on any atom is -0.311 e. The van der Waals surface area contributed by atoms with Crippen LogP contribution in [0.25, 0.3) is 0 Å². The van der Waals surface area contributed by atoms with Crippen LogP contribution in [0.3, 0.4) is 0 Å². The Balaban J connectivity index is 2.19. The first-order valence-corrected chi connectivity index (χ1v) is 6.89. The third-order valence-electron chi connectivity index (χ3n) is 3.32. The first-order chi connectivity index (χ1) is 9.51. The van der Waals surface area contributed by atoms with Gasteiger partial charge in [0.05, 0.1) is 5.69 Å². The lowest BCUT2D eigenvalue weighted by Gasteiger charge is -2.21. The van der Waals surface area contributed by atoms with E-state index in [2.05, 4.69) is 5.10 Å². The normalized spacial score (nSPS) is 10.6. The van der Waals surface area contributed by atoms with Crippen molar-refractivity contribution < 1.29 is 4.79 Å². The molecule has 0 saturated carbocycles. The van der Waals surface area contributed by atoms with Crippen molar-refractivity contribution in [1.82, 2.24) is 9.78 Å². The van der Waals surface area contributed by atoms with Crippen molar-refractivity contribution >= 4 is 11.6 Å². The number of carbonyl (C=O) groups excluding carboxylic acids is 1. The van der Waals surface area contributed by atoms with Crippen LogP contribution in [0.4, 0.5) is 5.69 Å². The lowest BCUT2D eigenvalue weighted by atomic mass is 10.2. The molecule has 0 radical (unpaired) electrons. The smallest absolute Gasteiger partial charge is 0.248 e. The summed E-state index contributed by atoms with van der Waals surface area (Å²) in [5, 5.41) is 4.35. The van der Waals surface area contributed by atoms with Gasteiger partial charge in [-0.25, -0.2) is 0 Å². The largest absolute Gasteiger partial charge is 0.311 e. The molecule has 1 heterocycles. The fraction of sp³-hybridized carbons (Fsp3) is 0.375. The van der Waals surface area contributed by atoms with Gasteiger partial charge in [-0.15, -0.1) is 0 Å². The van der Waals surface area contributed by atoms with E-state index < -0.39 is 0 Å². The highest BCUT2D eigenvalue weighted by Crippen LogP contribution is 2.16. The van der Waals surface area contributed by atoms with Crippen LogP contribution >= 0.6 is 0 Å². The molecule has 0 aliphatic heterocycles. The second kappa shape index (κ2) is 5.90. The Bertz CT molecular complexity index is 616. The number of hydrogen-bond acceptors (Lipinski definition) is 2. The summed E-state index contributed by atoms with van der Waals surface area (Å²) in [4.78, 5) is 14.3. The van der Waals surface area contributed by atoms with E-state index >= 15 is 0 Å². The molecule has 0 bridgehead atoms. The third kappa shape index (κ3) is 3.07. The van der Waals surface area contributed by atoms with Gasteiger partial charge in [-0.05, 0) is 51.5 Å². The van der Waals surface area contributed by atoms with Crippen molar-refractivity contribution in [2.75, 3.05) is 11.4 Å². The number of anilines is 1. The monoisotopic (exact) mass is 271 g/mol. The molecule has 1 aromatic carbocycles. The van der Waals surface area contributed by atoms with Crippen LogP contribution in [-0.2, 0) is 11.3 Å². The minimum atomic E-state index is 0.0595. The van der Waals surface area contributed by atoms with Crippen LogP contribution in [0.2, 0.25) is 0 Å². The molecule has 0 fully saturated rings. The van der Waals surface area contributed by atoms with E-state index in [0.29, 0.717) is 6.54 Å². The number of likely N-dealkylation sites (N-methyl/N-ethyl adjacent to an activating group) is 1. The zero-order chi connectivity index (χ0) is 14.7. The van der Waals surface area contributed by atoms with Crippen molar-refractivity contribution in [2.45, 2.75) is 34.2 Å². The first kappa shape index (κ1) is 14.3. The zero-order valence-corrected chi connectivity index (χ0v) is 12.6. The fourth-order valence-electron chi connectivity index (χ4n) is 2.35. The Morgan fingerprint density at radius 1 is 1.25 bits per heavy atom. The number of carbonyl (C=O) groups is 1. The van der Waals surface area contributed by atoms with E-state index in [-0.39, 0.29) is 12.5 Å². The van der Waals surface area contributed by atoms with Crippen molar-refractivity contribution in [3.05, 3.63) is 47.3 Å². The molecule has 0 spiro atoms. The molecular weight excluding hydrogens is 250 g/mol. The van der Waals surface area contributed by atoms with Gasteiger partial charge in [0.2, 0.25) is 5.91 Å². The van der Waals surface area contributed by atoms with Gasteiger partial charge >= 0.3 is 0 Å². The zero-order valence-electron chi connectivity index (χ0n) is 12.6. The maximum absolute atomic E-state index is 12.5. The van der Waals surface area contributed by atoms with E-state index in [0.717, 1.165) is 22.6 Å². The molecule has 0 saturated heterocycles. The summed E-state index contributed by atoms with van der Waals surface area (Å²) in [6, 6.07) is 9.99. The molecule has 4 heteroatoms. The van der Waals surface area contributed by atoms with Gasteiger partial charge in [-0.2, -0.15) is 5.10 Å². The standard InChI is InChI=1S/C16H21N3O/c1-5-18(15-8-6-7-12(2)9-15)16(20)11-19-14(4)10-13(3)17-19/h6-10H,5,11H2,1-4H3. The van der Waals surface area contributed by atoms with Crippen LogP contribution in [0.15, 0.2) is 30.3 Å². The lowest BCUT2D eigenvalue weighted by molar-refractivity contribution is -0.119. The van der Waals surface area contributed by atoms with E-state index in [9.17, 15) is 4.79 Å². The minimum absolute atomic E-state index is 0.0595. The number of amides is 1. The van der Waals surface area contributed by atoms with Crippen molar-refractivity contribution in [1.29, 1.82) is 0 Å². The molecule has 0 unspecified atom stereocenters. The number of aryl methyl sites for hydroxylation is 3. The summed E-state index contributed by atoms with van der Waals surface area (Å²) in [5.41, 5.74) is 4.05. The van der Waals surface area contributed by atoms with Crippen LogP contribution < -0.4 is 4.90 Å². The van der Waals surface area contributed by atoms with Crippen LogP contribution in [-0.4, -0.2) is 22.2 Å². The molecule has 1 aromatic heterocycles. The van der Waals surface area contributed by atoms with Gasteiger partial charge < -0.3 is 4.90 Å². The van der Waals surface area contributed by atoms with Gasteiger partial charge in [0.1, 0.15) is 6.54 Å². The number of aromatic nitrogens is 2. The molecule has 0 aliphatic rings. The third-order valence-corrected chi connectivity index (χ3v) is 3.32. The average Bonchev–Trinajstić information content (AvgIpc) is 2.68. The summed E-state index contributed by atoms with van der Waals surface area (Å²) in [6.45, 7) is 8.86. The number of rotatable bonds is 4. The highest BCUT2D eigenvalue weighted by Gasteiger charge is 2.15. The van der Waals surface area contributed by atoms with Crippen LogP contribution in [0.5, 0.6) is 0 Å². The number of benzene rings is 1. The highest BCUT2D eigenvalue weighted by atomic mass is 16.2. The predicted molar refractivity (Wildman–Crippen MR) is 80.9 cm³/mol. The van der Waals surface area contributed by atoms with Gasteiger partial charge in [-0.3, -0.25) is 9.48 Å². The molecule has 0 atom stereocenters. The van der Waals surface area contributed by atoms with Crippen molar-refractivity contribution in [2.24, 2.45) is 0 Å². The summed E-state index contributed by atoms with van der Waals surface area (Å²) >= 11 is 0. The highest BCUT2D eigenvalue weighted by molar-refractivity contribution is 5.93. The Kier molecular flexibility index (Phi) is 4.23. The second-order valence-electron chi connectivity index (χ2n) is 5.06. The van der Waals surface area contributed by atoms with Gasteiger partial charge in [0, 0.05) is 17.9 Å². The number of nitrogens with zero attached hydrogens (tertiary/aromatic N) is 3. The lowest BCUT2D eigenvalue weighted by Crippen LogP contribution is -2.34. The van der Waals surface area contributed by atoms with Crippen LogP contribution in [0, 0.1) is 20.8 Å². The SMILES string of the molecule is CCN(C(=O)Cn1nc(C)cc1C)c1cccc(C)c1. The molecule has 2 rings (SSSR count). The molecule has 0 N–H and O–H groups in total. The van der Waals surface area contributed by atoms with Crippen molar-refractivity contribution in [3.8, 4) is 0 Å². The molecule has 2 aromatic rings. The summed E-state index contributed by atoms with van der Waals surface area (Å²) < 4.78 is 1.76.